The van der Waals surface area contributed by atoms with E-state index >= 15 is 0 Å². The van der Waals surface area contributed by atoms with Crippen molar-refractivity contribution < 1.29 is 4.79 Å². The van der Waals surface area contributed by atoms with Crippen molar-refractivity contribution in [2.75, 3.05) is 11.1 Å². The Hall–Kier alpha value is -1.33. The number of carbonyl (C=O) groups is 1. The van der Waals surface area contributed by atoms with Crippen molar-refractivity contribution >= 4 is 44.5 Å². The molecule has 82 valence electrons. The van der Waals surface area contributed by atoms with E-state index in [2.05, 4.69) is 21.2 Å². The van der Waals surface area contributed by atoms with E-state index in [1.165, 1.54) is 11.3 Å². The maximum absolute atomic E-state index is 11.8. The number of carbonyl (C=O) groups excluding carboxylic acids is 1. The molecule has 0 aliphatic heterocycles. The van der Waals surface area contributed by atoms with Gasteiger partial charge in [-0.15, -0.1) is 0 Å². The van der Waals surface area contributed by atoms with Crippen LogP contribution in [0.25, 0.3) is 0 Å². The van der Waals surface area contributed by atoms with Gasteiger partial charge in [-0.2, -0.15) is 11.3 Å². The second-order valence-electron chi connectivity index (χ2n) is 3.20. The van der Waals surface area contributed by atoms with E-state index in [1.807, 2.05) is 16.8 Å². The summed E-state index contributed by atoms with van der Waals surface area (Å²) >= 11 is 4.83. The number of hydrogen-bond acceptors (Lipinski definition) is 3. The summed E-state index contributed by atoms with van der Waals surface area (Å²) in [5.74, 6) is -0.140. The summed E-state index contributed by atoms with van der Waals surface area (Å²) in [6, 6.07) is 6.96. The lowest BCUT2D eigenvalue weighted by Gasteiger charge is -2.04. The van der Waals surface area contributed by atoms with Crippen LogP contribution in [0.4, 0.5) is 11.4 Å². The topological polar surface area (TPSA) is 55.1 Å². The number of benzene rings is 1. The highest BCUT2D eigenvalue weighted by molar-refractivity contribution is 9.10. The average molecular weight is 297 g/mol. The van der Waals surface area contributed by atoms with Gasteiger partial charge in [0.05, 0.1) is 5.69 Å². The van der Waals surface area contributed by atoms with Crippen LogP contribution in [-0.4, -0.2) is 5.91 Å². The summed E-state index contributed by atoms with van der Waals surface area (Å²) < 4.78 is 0.727. The monoisotopic (exact) mass is 296 g/mol. The molecule has 0 unspecified atom stereocenters. The first-order valence-corrected chi connectivity index (χ1v) is 6.29. The molecule has 2 rings (SSSR count). The van der Waals surface area contributed by atoms with E-state index in [9.17, 15) is 4.79 Å². The molecule has 16 heavy (non-hydrogen) atoms. The summed E-state index contributed by atoms with van der Waals surface area (Å²) in [7, 11) is 0. The number of rotatable bonds is 2. The molecule has 0 radical (unpaired) electrons. The molecule has 0 saturated carbocycles. The molecule has 3 nitrogen and oxygen atoms in total. The first-order valence-electron chi connectivity index (χ1n) is 4.55. The number of hydrogen-bond donors (Lipinski definition) is 2. The van der Waals surface area contributed by atoms with Crippen molar-refractivity contribution in [3.8, 4) is 0 Å². The van der Waals surface area contributed by atoms with Gasteiger partial charge < -0.3 is 11.1 Å². The Morgan fingerprint density at radius 1 is 1.38 bits per heavy atom. The summed E-state index contributed by atoms with van der Waals surface area (Å²) in [5.41, 5.74) is 7.65. The van der Waals surface area contributed by atoms with Gasteiger partial charge in [0.1, 0.15) is 0 Å². The number of nitrogens with one attached hydrogen (secondary N) is 1. The Kier molecular flexibility index (Phi) is 3.26. The van der Waals surface area contributed by atoms with Crippen LogP contribution in [0, 0.1) is 0 Å². The van der Waals surface area contributed by atoms with Crippen LogP contribution in [0.3, 0.4) is 0 Å². The first-order chi connectivity index (χ1) is 7.66. The van der Waals surface area contributed by atoms with Crippen molar-refractivity contribution in [2.24, 2.45) is 0 Å². The van der Waals surface area contributed by atoms with Crippen molar-refractivity contribution in [1.29, 1.82) is 0 Å². The predicted octanol–water partition coefficient (Wildman–Crippen LogP) is 3.35. The quantitative estimate of drug-likeness (QED) is 0.835. The Morgan fingerprint density at radius 2 is 2.19 bits per heavy atom. The van der Waals surface area contributed by atoms with Gasteiger partial charge in [-0.1, -0.05) is 0 Å². The fourth-order valence-electron chi connectivity index (χ4n) is 1.21. The number of anilines is 2. The van der Waals surface area contributed by atoms with Gasteiger partial charge >= 0.3 is 0 Å². The second kappa shape index (κ2) is 4.67. The summed E-state index contributed by atoms with van der Waals surface area (Å²) in [4.78, 5) is 11.8. The molecule has 0 aliphatic carbocycles. The maximum Gasteiger partial charge on any atom is 0.255 e. The van der Waals surface area contributed by atoms with E-state index in [4.69, 9.17) is 5.73 Å². The molecule has 0 spiro atoms. The molecule has 0 bridgehead atoms. The smallest absolute Gasteiger partial charge is 0.255 e. The predicted molar refractivity (Wildman–Crippen MR) is 70.8 cm³/mol. The lowest BCUT2D eigenvalue weighted by molar-refractivity contribution is 0.102. The van der Waals surface area contributed by atoms with Gasteiger partial charge in [-0.25, -0.2) is 0 Å². The molecular formula is C11H9BrN2OS. The van der Waals surface area contributed by atoms with Gasteiger partial charge in [0.2, 0.25) is 0 Å². The van der Waals surface area contributed by atoms with Crippen LogP contribution in [0.2, 0.25) is 0 Å². The molecular weight excluding hydrogens is 288 g/mol. The van der Waals surface area contributed by atoms with Crippen LogP contribution in [0.15, 0.2) is 39.5 Å². The molecule has 0 atom stereocenters. The summed E-state index contributed by atoms with van der Waals surface area (Å²) in [6.45, 7) is 0. The van der Waals surface area contributed by atoms with Crippen LogP contribution in [0.5, 0.6) is 0 Å². The SMILES string of the molecule is Nc1ccc(C(=O)Nc2ccsc2)cc1Br. The van der Waals surface area contributed by atoms with Crippen molar-refractivity contribution in [3.63, 3.8) is 0 Å². The van der Waals surface area contributed by atoms with E-state index in [0.717, 1.165) is 10.2 Å². The molecule has 3 N–H and O–H groups in total. The molecule has 0 saturated heterocycles. The van der Waals surface area contributed by atoms with Crippen molar-refractivity contribution in [1.82, 2.24) is 0 Å². The van der Waals surface area contributed by atoms with Crippen molar-refractivity contribution in [2.45, 2.75) is 0 Å². The Morgan fingerprint density at radius 3 is 2.81 bits per heavy atom. The van der Waals surface area contributed by atoms with Crippen molar-refractivity contribution in [3.05, 3.63) is 45.1 Å². The third-order valence-corrected chi connectivity index (χ3v) is 3.41. The van der Waals surface area contributed by atoms with E-state index in [0.29, 0.717) is 11.3 Å². The highest BCUT2D eigenvalue weighted by atomic mass is 79.9. The van der Waals surface area contributed by atoms with Gasteiger partial charge in [-0.05, 0) is 45.6 Å². The average Bonchev–Trinajstić information content (AvgIpc) is 2.74. The van der Waals surface area contributed by atoms with Gasteiger partial charge in [-0.3, -0.25) is 4.79 Å². The maximum atomic E-state index is 11.8. The zero-order valence-corrected chi connectivity index (χ0v) is 10.6. The third-order valence-electron chi connectivity index (χ3n) is 2.04. The minimum atomic E-state index is -0.140. The Bertz CT molecular complexity index is 511. The lowest BCUT2D eigenvalue weighted by Crippen LogP contribution is -2.11. The normalized spacial score (nSPS) is 10.1. The Balaban J connectivity index is 2.18. The second-order valence-corrected chi connectivity index (χ2v) is 4.84. The lowest BCUT2D eigenvalue weighted by atomic mass is 10.2. The fraction of sp³-hybridized carbons (Fsp3) is 0. The van der Waals surface area contributed by atoms with E-state index in [1.54, 1.807) is 18.2 Å². The standard InChI is InChI=1S/C11H9BrN2OS/c12-9-5-7(1-2-10(9)13)11(15)14-8-3-4-16-6-8/h1-6H,13H2,(H,14,15). The molecule has 0 aliphatic rings. The molecule has 5 heteroatoms. The Labute approximate surface area is 105 Å². The summed E-state index contributed by atoms with van der Waals surface area (Å²) in [5, 5.41) is 6.59. The zero-order chi connectivity index (χ0) is 11.5. The number of amides is 1. The fourth-order valence-corrected chi connectivity index (χ4v) is 2.17. The molecule has 1 aromatic heterocycles. The number of halogens is 1. The van der Waals surface area contributed by atoms with Gasteiger partial charge in [0.15, 0.2) is 0 Å². The minimum absolute atomic E-state index is 0.140. The van der Waals surface area contributed by atoms with Gasteiger partial charge in [0, 0.05) is 21.1 Å². The molecule has 1 heterocycles. The summed E-state index contributed by atoms with van der Waals surface area (Å²) in [6.07, 6.45) is 0. The van der Waals surface area contributed by atoms with Crippen LogP contribution >= 0.6 is 27.3 Å². The van der Waals surface area contributed by atoms with E-state index < -0.39 is 0 Å². The van der Waals surface area contributed by atoms with Crippen LogP contribution in [0.1, 0.15) is 10.4 Å². The molecule has 2 aromatic rings. The number of thiophene rings is 1. The number of nitrogens with two attached hydrogens (primary N) is 1. The highest BCUT2D eigenvalue weighted by Gasteiger charge is 2.07. The van der Waals surface area contributed by atoms with E-state index in [-0.39, 0.29) is 5.91 Å². The van der Waals surface area contributed by atoms with Crippen LogP contribution < -0.4 is 11.1 Å². The largest absolute Gasteiger partial charge is 0.398 e. The zero-order valence-electron chi connectivity index (χ0n) is 8.24. The first kappa shape index (κ1) is 11.2. The highest BCUT2D eigenvalue weighted by Crippen LogP contribution is 2.21. The third kappa shape index (κ3) is 2.43. The molecule has 1 aromatic carbocycles. The minimum Gasteiger partial charge on any atom is -0.398 e. The van der Waals surface area contributed by atoms with Crippen LogP contribution in [-0.2, 0) is 0 Å². The van der Waals surface area contributed by atoms with Gasteiger partial charge in [0.25, 0.3) is 5.91 Å². The number of nitrogen functional groups attached to an aromatic ring is 1. The molecule has 0 fully saturated rings. The molecule has 1 amide bonds.